The van der Waals surface area contributed by atoms with Gasteiger partial charge in [0.15, 0.2) is 11.5 Å². The quantitative estimate of drug-likeness (QED) is 0.407. The van der Waals surface area contributed by atoms with E-state index in [1.54, 1.807) is 42.5 Å². The molecule has 0 radical (unpaired) electrons. The van der Waals surface area contributed by atoms with Gasteiger partial charge in [-0.05, 0) is 53.6 Å². The summed E-state index contributed by atoms with van der Waals surface area (Å²) in [5, 5.41) is 12.7. The minimum atomic E-state index is -0.511. The third-order valence-electron chi connectivity index (χ3n) is 4.20. The van der Waals surface area contributed by atoms with Gasteiger partial charge in [0.05, 0.1) is 7.11 Å². The molecule has 0 aliphatic heterocycles. The molecule has 6 heteroatoms. The molecule has 0 bridgehead atoms. The molecule has 3 aromatic rings. The van der Waals surface area contributed by atoms with E-state index < -0.39 is 5.91 Å². The van der Waals surface area contributed by atoms with Gasteiger partial charge in [-0.15, -0.1) is 0 Å². The van der Waals surface area contributed by atoms with Gasteiger partial charge in [0.25, 0.3) is 5.91 Å². The summed E-state index contributed by atoms with van der Waals surface area (Å²) in [5.74, 6) is 0.570. The Kier molecular flexibility index (Phi) is 7.09. The lowest BCUT2D eigenvalue weighted by Gasteiger charge is -2.11. The molecule has 150 valence electrons. The van der Waals surface area contributed by atoms with Gasteiger partial charge in [-0.1, -0.05) is 48.0 Å². The zero-order valence-corrected chi connectivity index (χ0v) is 17.0. The highest BCUT2D eigenvalue weighted by molar-refractivity contribution is 6.30. The Morgan fingerprint density at radius 1 is 1.07 bits per heavy atom. The van der Waals surface area contributed by atoms with Crippen molar-refractivity contribution in [3.8, 4) is 17.6 Å². The molecule has 0 heterocycles. The number of rotatable bonds is 7. The summed E-state index contributed by atoms with van der Waals surface area (Å²) in [6, 6.07) is 23.6. The Labute approximate surface area is 180 Å². The molecule has 1 N–H and O–H groups in total. The van der Waals surface area contributed by atoms with Gasteiger partial charge in [0.1, 0.15) is 18.2 Å². The van der Waals surface area contributed by atoms with E-state index in [1.165, 1.54) is 13.2 Å². The highest BCUT2D eigenvalue weighted by Gasteiger charge is 2.11. The number of anilines is 1. The molecule has 0 saturated heterocycles. The average Bonchev–Trinajstić information content (AvgIpc) is 2.78. The van der Waals surface area contributed by atoms with Crippen LogP contribution in [0.4, 0.5) is 5.69 Å². The molecule has 3 rings (SSSR count). The lowest BCUT2D eigenvalue weighted by atomic mass is 10.1. The van der Waals surface area contributed by atoms with Crippen molar-refractivity contribution in [3.05, 3.63) is 94.5 Å². The first-order chi connectivity index (χ1) is 14.6. The van der Waals surface area contributed by atoms with Crippen molar-refractivity contribution in [1.82, 2.24) is 0 Å². The van der Waals surface area contributed by atoms with Crippen molar-refractivity contribution < 1.29 is 14.3 Å². The summed E-state index contributed by atoms with van der Waals surface area (Å²) >= 11 is 5.85. The second kappa shape index (κ2) is 10.1. The molecule has 0 atom stereocenters. The summed E-state index contributed by atoms with van der Waals surface area (Å²) in [6.07, 6.45) is 1.49. The van der Waals surface area contributed by atoms with Gasteiger partial charge in [-0.25, -0.2) is 0 Å². The Balaban J connectivity index is 1.74. The third kappa shape index (κ3) is 5.63. The number of nitrogens with one attached hydrogen (secondary N) is 1. The normalized spacial score (nSPS) is 10.8. The van der Waals surface area contributed by atoms with Crippen molar-refractivity contribution in [2.75, 3.05) is 12.4 Å². The number of hydrogen-bond donors (Lipinski definition) is 1. The monoisotopic (exact) mass is 418 g/mol. The molecular weight excluding hydrogens is 400 g/mol. The summed E-state index contributed by atoms with van der Waals surface area (Å²) in [5.41, 5.74) is 2.19. The van der Waals surface area contributed by atoms with E-state index >= 15 is 0 Å². The van der Waals surface area contributed by atoms with Gasteiger partial charge in [0.2, 0.25) is 0 Å². The molecule has 30 heavy (non-hydrogen) atoms. The van der Waals surface area contributed by atoms with Crippen LogP contribution in [0.3, 0.4) is 0 Å². The Bertz CT molecular complexity index is 1090. The molecule has 0 fully saturated rings. The molecule has 0 aliphatic carbocycles. The number of nitrogens with zero attached hydrogens (tertiary/aromatic N) is 1. The average molecular weight is 419 g/mol. The van der Waals surface area contributed by atoms with Crippen molar-refractivity contribution in [3.63, 3.8) is 0 Å². The van der Waals surface area contributed by atoms with Gasteiger partial charge < -0.3 is 14.8 Å². The van der Waals surface area contributed by atoms with Crippen molar-refractivity contribution in [2.24, 2.45) is 0 Å². The Morgan fingerprint density at radius 3 is 2.47 bits per heavy atom. The van der Waals surface area contributed by atoms with E-state index in [2.05, 4.69) is 5.32 Å². The minimum Gasteiger partial charge on any atom is -0.493 e. The highest BCUT2D eigenvalue weighted by atomic mass is 35.5. The molecular formula is C24H19ClN2O3. The molecule has 1 amide bonds. The smallest absolute Gasteiger partial charge is 0.266 e. The number of halogens is 1. The van der Waals surface area contributed by atoms with Crippen LogP contribution in [0.5, 0.6) is 11.5 Å². The number of carbonyl (C=O) groups excluding carboxylic acids is 1. The van der Waals surface area contributed by atoms with E-state index in [4.69, 9.17) is 21.1 Å². The second-order valence-electron chi connectivity index (χ2n) is 6.32. The van der Waals surface area contributed by atoms with Crippen molar-refractivity contribution in [2.45, 2.75) is 6.61 Å². The first-order valence-electron chi connectivity index (χ1n) is 9.12. The fourth-order valence-electron chi connectivity index (χ4n) is 2.68. The minimum absolute atomic E-state index is 0.0371. The summed E-state index contributed by atoms with van der Waals surface area (Å²) in [4.78, 5) is 12.4. The zero-order chi connectivity index (χ0) is 21.3. The maximum absolute atomic E-state index is 12.4. The van der Waals surface area contributed by atoms with Gasteiger partial charge in [0, 0.05) is 10.7 Å². The molecule has 0 aromatic heterocycles. The Hall–Kier alpha value is -3.75. The van der Waals surface area contributed by atoms with Crippen LogP contribution in [-0.4, -0.2) is 13.0 Å². The van der Waals surface area contributed by atoms with Crippen LogP contribution < -0.4 is 14.8 Å². The lowest BCUT2D eigenvalue weighted by molar-refractivity contribution is -0.112. The summed E-state index contributed by atoms with van der Waals surface area (Å²) in [6.45, 7) is 0.402. The molecule has 0 spiro atoms. The van der Waals surface area contributed by atoms with Gasteiger partial charge in [-0.2, -0.15) is 5.26 Å². The summed E-state index contributed by atoms with van der Waals surface area (Å²) in [7, 11) is 1.54. The number of carbonyl (C=O) groups is 1. The van der Waals surface area contributed by atoms with Gasteiger partial charge >= 0.3 is 0 Å². The van der Waals surface area contributed by atoms with Crippen LogP contribution in [-0.2, 0) is 11.4 Å². The third-order valence-corrected chi connectivity index (χ3v) is 4.45. The number of methoxy groups -OCH3 is 1. The number of amides is 1. The molecule has 0 aliphatic rings. The Morgan fingerprint density at radius 2 is 1.80 bits per heavy atom. The highest BCUT2D eigenvalue weighted by Crippen LogP contribution is 2.29. The lowest BCUT2D eigenvalue weighted by Crippen LogP contribution is -2.13. The second-order valence-corrected chi connectivity index (χ2v) is 6.75. The predicted molar refractivity (Wildman–Crippen MR) is 117 cm³/mol. The number of nitriles is 1. The van der Waals surface area contributed by atoms with Crippen LogP contribution in [0, 0.1) is 11.3 Å². The standard InChI is InChI=1S/C24H19ClN2O3/c1-29-23-14-18(7-12-22(23)30-16-17-5-3-2-4-6-17)13-19(15-26)24(28)27-21-10-8-20(25)9-11-21/h2-14H,16H2,1H3,(H,27,28)/b19-13+. The first-order valence-corrected chi connectivity index (χ1v) is 9.50. The fourth-order valence-corrected chi connectivity index (χ4v) is 2.80. The molecule has 5 nitrogen and oxygen atoms in total. The first kappa shape index (κ1) is 21.0. The number of ether oxygens (including phenoxy) is 2. The van der Waals surface area contributed by atoms with Crippen LogP contribution in [0.25, 0.3) is 6.08 Å². The molecule has 3 aromatic carbocycles. The maximum atomic E-state index is 12.4. The van der Waals surface area contributed by atoms with E-state index in [0.717, 1.165) is 5.56 Å². The van der Waals surface area contributed by atoms with Crippen LogP contribution in [0.2, 0.25) is 5.02 Å². The summed E-state index contributed by atoms with van der Waals surface area (Å²) < 4.78 is 11.2. The van der Waals surface area contributed by atoms with E-state index in [0.29, 0.717) is 34.4 Å². The zero-order valence-electron chi connectivity index (χ0n) is 16.3. The van der Waals surface area contributed by atoms with E-state index in [-0.39, 0.29) is 5.57 Å². The van der Waals surface area contributed by atoms with Crippen LogP contribution in [0.15, 0.2) is 78.4 Å². The maximum Gasteiger partial charge on any atom is 0.266 e. The van der Waals surface area contributed by atoms with Crippen molar-refractivity contribution >= 4 is 29.3 Å². The predicted octanol–water partition coefficient (Wildman–Crippen LogP) is 5.47. The van der Waals surface area contributed by atoms with Crippen LogP contribution in [0.1, 0.15) is 11.1 Å². The SMILES string of the molecule is COc1cc(/C=C(\C#N)C(=O)Nc2ccc(Cl)cc2)ccc1OCc1ccccc1. The van der Waals surface area contributed by atoms with Crippen molar-refractivity contribution in [1.29, 1.82) is 5.26 Å². The fraction of sp³-hybridized carbons (Fsp3) is 0.0833. The van der Waals surface area contributed by atoms with Gasteiger partial charge in [-0.3, -0.25) is 4.79 Å². The molecule has 0 saturated carbocycles. The molecule has 0 unspecified atom stereocenters. The largest absolute Gasteiger partial charge is 0.493 e. The van der Waals surface area contributed by atoms with E-state index in [1.807, 2.05) is 36.4 Å². The number of benzene rings is 3. The van der Waals surface area contributed by atoms with E-state index in [9.17, 15) is 10.1 Å². The van der Waals surface area contributed by atoms with Crippen LogP contribution >= 0.6 is 11.6 Å². The number of hydrogen-bond acceptors (Lipinski definition) is 4. The topological polar surface area (TPSA) is 71.3 Å².